The van der Waals surface area contributed by atoms with E-state index in [1.807, 2.05) is 49.4 Å². The van der Waals surface area contributed by atoms with Gasteiger partial charge in [0, 0.05) is 6.54 Å². The minimum Gasteiger partial charge on any atom is -0.465 e. The van der Waals surface area contributed by atoms with Crippen molar-refractivity contribution < 1.29 is 9.53 Å². The van der Waals surface area contributed by atoms with Crippen LogP contribution in [0.5, 0.6) is 0 Å². The molecule has 1 atom stereocenters. The lowest BCUT2D eigenvalue weighted by molar-refractivity contribution is -0.145. The molecule has 128 valence electrons. The van der Waals surface area contributed by atoms with Crippen LogP contribution in [-0.2, 0) is 22.5 Å². The number of carbonyl (C=O) groups excluding carboxylic acids is 1. The topological polar surface area (TPSA) is 38.3 Å². The molecular formula is C19H21Cl2NO2. The monoisotopic (exact) mass is 365 g/mol. The first-order valence-corrected chi connectivity index (χ1v) is 8.73. The van der Waals surface area contributed by atoms with Gasteiger partial charge in [-0.1, -0.05) is 59.6 Å². The Bertz CT molecular complexity index is 662. The maximum absolute atomic E-state index is 12.2. The van der Waals surface area contributed by atoms with Gasteiger partial charge in [-0.05, 0) is 43.0 Å². The first-order chi connectivity index (χ1) is 11.6. The number of rotatable bonds is 8. The summed E-state index contributed by atoms with van der Waals surface area (Å²) in [5.74, 6) is -0.228. The average Bonchev–Trinajstić information content (AvgIpc) is 2.59. The normalized spacial score (nSPS) is 12.0. The van der Waals surface area contributed by atoms with Gasteiger partial charge in [0.1, 0.15) is 6.04 Å². The lowest BCUT2D eigenvalue weighted by Gasteiger charge is -2.17. The van der Waals surface area contributed by atoms with E-state index in [1.165, 1.54) is 0 Å². The van der Waals surface area contributed by atoms with Gasteiger partial charge in [0.15, 0.2) is 0 Å². The van der Waals surface area contributed by atoms with Crippen LogP contribution in [0.15, 0.2) is 48.5 Å². The fourth-order valence-electron chi connectivity index (χ4n) is 2.39. The predicted octanol–water partition coefficient (Wildman–Crippen LogP) is 4.65. The molecule has 0 saturated carbocycles. The molecule has 24 heavy (non-hydrogen) atoms. The molecule has 0 aliphatic heterocycles. The molecule has 0 bridgehead atoms. The summed E-state index contributed by atoms with van der Waals surface area (Å²) in [7, 11) is 0. The number of nitrogens with one attached hydrogen (secondary N) is 1. The number of benzene rings is 2. The van der Waals surface area contributed by atoms with Crippen molar-refractivity contribution in [2.45, 2.75) is 32.4 Å². The molecular weight excluding hydrogens is 345 g/mol. The molecule has 0 saturated heterocycles. The molecule has 0 amide bonds. The van der Waals surface area contributed by atoms with E-state index in [2.05, 4.69) is 5.32 Å². The highest BCUT2D eigenvalue weighted by molar-refractivity contribution is 6.42. The number of hydrogen-bond donors (Lipinski definition) is 1. The van der Waals surface area contributed by atoms with Crippen molar-refractivity contribution in [2.24, 2.45) is 0 Å². The number of esters is 1. The van der Waals surface area contributed by atoms with E-state index >= 15 is 0 Å². The van der Waals surface area contributed by atoms with Gasteiger partial charge < -0.3 is 10.1 Å². The van der Waals surface area contributed by atoms with Crippen LogP contribution in [0.25, 0.3) is 0 Å². The highest BCUT2D eigenvalue weighted by Crippen LogP contribution is 2.23. The summed E-state index contributed by atoms with van der Waals surface area (Å²) >= 11 is 12.0. The Morgan fingerprint density at radius 1 is 1.08 bits per heavy atom. The number of carbonyl (C=O) groups is 1. The van der Waals surface area contributed by atoms with Crippen LogP contribution in [0.1, 0.15) is 24.5 Å². The van der Waals surface area contributed by atoms with Gasteiger partial charge in [-0.3, -0.25) is 4.79 Å². The molecule has 0 radical (unpaired) electrons. The molecule has 3 nitrogen and oxygen atoms in total. The summed E-state index contributed by atoms with van der Waals surface area (Å²) in [6.07, 6.45) is 1.34. The van der Waals surface area contributed by atoms with Crippen molar-refractivity contribution >= 4 is 29.2 Å². The minimum absolute atomic E-state index is 0.228. The minimum atomic E-state index is -0.361. The van der Waals surface area contributed by atoms with Crippen LogP contribution in [0.4, 0.5) is 0 Å². The van der Waals surface area contributed by atoms with E-state index in [4.69, 9.17) is 27.9 Å². The summed E-state index contributed by atoms with van der Waals surface area (Å²) in [6.45, 7) is 2.80. The lowest BCUT2D eigenvalue weighted by Crippen LogP contribution is -2.38. The van der Waals surface area contributed by atoms with E-state index in [0.29, 0.717) is 36.0 Å². The third kappa shape index (κ3) is 5.82. The second kappa shape index (κ2) is 9.67. The Hall–Kier alpha value is -1.55. The SMILES string of the molecule is CCOC(=O)C(CCc1ccc(Cl)c(Cl)c1)NCc1ccccc1. The number of hydrogen-bond acceptors (Lipinski definition) is 3. The first-order valence-electron chi connectivity index (χ1n) is 7.98. The summed E-state index contributed by atoms with van der Waals surface area (Å²) < 4.78 is 5.18. The Labute approximate surface area is 152 Å². The third-order valence-electron chi connectivity index (χ3n) is 3.67. The zero-order valence-corrected chi connectivity index (χ0v) is 15.1. The van der Waals surface area contributed by atoms with Gasteiger partial charge in [0.2, 0.25) is 0 Å². The van der Waals surface area contributed by atoms with Crippen molar-refractivity contribution in [2.75, 3.05) is 6.61 Å². The molecule has 2 aromatic carbocycles. The summed E-state index contributed by atoms with van der Waals surface area (Å²) in [6, 6.07) is 15.1. The second-order valence-corrected chi connectivity index (χ2v) is 6.27. The number of halogens is 2. The molecule has 1 N–H and O–H groups in total. The smallest absolute Gasteiger partial charge is 0.323 e. The van der Waals surface area contributed by atoms with Crippen LogP contribution in [0.3, 0.4) is 0 Å². The highest BCUT2D eigenvalue weighted by Gasteiger charge is 2.19. The third-order valence-corrected chi connectivity index (χ3v) is 4.41. The Morgan fingerprint density at radius 2 is 1.83 bits per heavy atom. The van der Waals surface area contributed by atoms with Gasteiger partial charge in [-0.2, -0.15) is 0 Å². The van der Waals surface area contributed by atoms with Crippen LogP contribution in [0.2, 0.25) is 10.0 Å². The molecule has 0 spiro atoms. The molecule has 5 heteroatoms. The van der Waals surface area contributed by atoms with E-state index in [1.54, 1.807) is 6.07 Å². The summed E-state index contributed by atoms with van der Waals surface area (Å²) in [4.78, 5) is 12.2. The molecule has 0 aliphatic rings. The predicted molar refractivity (Wildman–Crippen MR) is 98.5 cm³/mol. The van der Waals surface area contributed by atoms with E-state index < -0.39 is 0 Å². The van der Waals surface area contributed by atoms with Crippen LogP contribution in [-0.4, -0.2) is 18.6 Å². The summed E-state index contributed by atoms with van der Waals surface area (Å²) in [5.41, 5.74) is 2.17. The maximum atomic E-state index is 12.2. The second-order valence-electron chi connectivity index (χ2n) is 5.46. The number of aryl methyl sites for hydroxylation is 1. The maximum Gasteiger partial charge on any atom is 0.323 e. The standard InChI is InChI=1S/C19H21Cl2NO2/c1-2-24-19(23)18(22-13-15-6-4-3-5-7-15)11-9-14-8-10-16(20)17(21)12-14/h3-8,10,12,18,22H,2,9,11,13H2,1H3. The zero-order valence-electron chi connectivity index (χ0n) is 13.6. The van der Waals surface area contributed by atoms with Crippen LogP contribution < -0.4 is 5.32 Å². The van der Waals surface area contributed by atoms with Gasteiger partial charge >= 0.3 is 5.97 Å². The molecule has 0 aromatic heterocycles. The fraction of sp³-hybridized carbons (Fsp3) is 0.316. The zero-order chi connectivity index (χ0) is 17.4. The molecule has 2 aromatic rings. The lowest BCUT2D eigenvalue weighted by atomic mass is 10.0. The first kappa shape index (κ1) is 18.8. The fourth-order valence-corrected chi connectivity index (χ4v) is 2.71. The van der Waals surface area contributed by atoms with Crippen LogP contribution in [0, 0.1) is 0 Å². The van der Waals surface area contributed by atoms with Gasteiger partial charge in [0.05, 0.1) is 16.7 Å². The highest BCUT2D eigenvalue weighted by atomic mass is 35.5. The Balaban J connectivity index is 1.97. The van der Waals surface area contributed by atoms with E-state index in [9.17, 15) is 4.79 Å². The molecule has 1 unspecified atom stereocenters. The largest absolute Gasteiger partial charge is 0.465 e. The van der Waals surface area contributed by atoms with Gasteiger partial charge in [-0.15, -0.1) is 0 Å². The van der Waals surface area contributed by atoms with Crippen LogP contribution >= 0.6 is 23.2 Å². The van der Waals surface area contributed by atoms with Gasteiger partial charge in [0.25, 0.3) is 0 Å². The van der Waals surface area contributed by atoms with Gasteiger partial charge in [-0.25, -0.2) is 0 Å². The quantitative estimate of drug-likeness (QED) is 0.692. The Morgan fingerprint density at radius 3 is 2.50 bits per heavy atom. The summed E-state index contributed by atoms with van der Waals surface area (Å²) in [5, 5.41) is 4.34. The molecule has 0 heterocycles. The van der Waals surface area contributed by atoms with Crippen molar-refractivity contribution in [1.82, 2.24) is 5.32 Å². The van der Waals surface area contributed by atoms with Crippen molar-refractivity contribution in [3.05, 3.63) is 69.7 Å². The molecule has 2 rings (SSSR count). The molecule has 0 fully saturated rings. The van der Waals surface area contributed by atoms with Crippen molar-refractivity contribution in [1.29, 1.82) is 0 Å². The van der Waals surface area contributed by atoms with E-state index in [0.717, 1.165) is 11.1 Å². The average molecular weight is 366 g/mol. The van der Waals surface area contributed by atoms with E-state index in [-0.39, 0.29) is 12.0 Å². The molecule has 0 aliphatic carbocycles. The Kier molecular flexibility index (Phi) is 7.57. The van der Waals surface area contributed by atoms with Crippen molar-refractivity contribution in [3.8, 4) is 0 Å². The number of ether oxygens (including phenoxy) is 1. The van der Waals surface area contributed by atoms with Crippen molar-refractivity contribution in [3.63, 3.8) is 0 Å².